The second kappa shape index (κ2) is 8.29. The fourth-order valence-electron chi connectivity index (χ4n) is 2.80. The Kier molecular flexibility index (Phi) is 5.85. The molecule has 1 fully saturated rings. The Hall–Kier alpha value is -2.44. The molecule has 0 radical (unpaired) electrons. The number of ether oxygens (including phenoxy) is 3. The SMILES string of the molecule is COc1cc(NC(=O)c2ccc(N3CCOCC3)cc2)c(OC)cc1Cl. The number of rotatable bonds is 5. The Labute approximate surface area is 157 Å². The smallest absolute Gasteiger partial charge is 0.255 e. The zero-order valence-electron chi connectivity index (χ0n) is 14.8. The molecule has 6 nitrogen and oxygen atoms in total. The van der Waals surface area contributed by atoms with Crippen molar-refractivity contribution in [3.63, 3.8) is 0 Å². The number of halogens is 1. The average Bonchev–Trinajstić information content (AvgIpc) is 2.69. The van der Waals surface area contributed by atoms with Crippen molar-refractivity contribution in [2.45, 2.75) is 0 Å². The summed E-state index contributed by atoms with van der Waals surface area (Å²) in [6, 6.07) is 10.7. The Morgan fingerprint density at radius 1 is 1.08 bits per heavy atom. The molecule has 0 aliphatic carbocycles. The molecule has 2 aromatic carbocycles. The van der Waals surface area contributed by atoms with Crippen molar-refractivity contribution in [1.82, 2.24) is 0 Å². The summed E-state index contributed by atoms with van der Waals surface area (Å²) in [5.41, 5.74) is 2.13. The molecule has 0 spiro atoms. The molecule has 1 amide bonds. The van der Waals surface area contributed by atoms with Crippen molar-refractivity contribution < 1.29 is 19.0 Å². The van der Waals surface area contributed by atoms with Gasteiger partial charge in [0.25, 0.3) is 5.91 Å². The van der Waals surface area contributed by atoms with Crippen LogP contribution in [0.1, 0.15) is 10.4 Å². The molecule has 3 rings (SSSR count). The first-order valence-electron chi connectivity index (χ1n) is 8.28. The number of morpholine rings is 1. The molecule has 26 heavy (non-hydrogen) atoms. The number of hydrogen-bond donors (Lipinski definition) is 1. The van der Waals surface area contributed by atoms with E-state index in [1.54, 1.807) is 24.3 Å². The first-order chi connectivity index (χ1) is 12.6. The van der Waals surface area contributed by atoms with Gasteiger partial charge in [0.05, 0.1) is 38.1 Å². The maximum atomic E-state index is 12.6. The third-order valence-electron chi connectivity index (χ3n) is 4.23. The quantitative estimate of drug-likeness (QED) is 0.866. The van der Waals surface area contributed by atoms with Crippen molar-refractivity contribution in [3.8, 4) is 11.5 Å². The molecule has 1 aliphatic rings. The van der Waals surface area contributed by atoms with Crippen molar-refractivity contribution in [1.29, 1.82) is 0 Å². The van der Waals surface area contributed by atoms with Crippen LogP contribution in [-0.2, 0) is 4.74 Å². The number of carbonyl (C=O) groups is 1. The molecule has 138 valence electrons. The van der Waals surface area contributed by atoms with Crippen LogP contribution in [0, 0.1) is 0 Å². The Morgan fingerprint density at radius 2 is 1.73 bits per heavy atom. The Balaban J connectivity index is 1.75. The number of hydrogen-bond acceptors (Lipinski definition) is 5. The minimum atomic E-state index is -0.235. The summed E-state index contributed by atoms with van der Waals surface area (Å²) in [6.07, 6.45) is 0. The first-order valence-corrected chi connectivity index (χ1v) is 8.66. The molecule has 1 saturated heterocycles. The number of nitrogens with one attached hydrogen (secondary N) is 1. The number of amides is 1. The van der Waals surface area contributed by atoms with E-state index < -0.39 is 0 Å². The highest BCUT2D eigenvalue weighted by Crippen LogP contribution is 2.36. The van der Waals surface area contributed by atoms with E-state index in [0.29, 0.717) is 27.8 Å². The van der Waals surface area contributed by atoms with Gasteiger partial charge in [-0.3, -0.25) is 4.79 Å². The van der Waals surface area contributed by atoms with Gasteiger partial charge in [-0.2, -0.15) is 0 Å². The lowest BCUT2D eigenvalue weighted by Crippen LogP contribution is -2.36. The molecule has 1 N–H and O–H groups in total. The summed E-state index contributed by atoms with van der Waals surface area (Å²) in [4.78, 5) is 14.8. The first kappa shape index (κ1) is 18.4. The average molecular weight is 377 g/mol. The van der Waals surface area contributed by atoms with Crippen LogP contribution in [0.5, 0.6) is 11.5 Å². The highest BCUT2D eigenvalue weighted by Gasteiger charge is 2.15. The fourth-order valence-corrected chi connectivity index (χ4v) is 3.03. The molecular weight excluding hydrogens is 356 g/mol. The number of nitrogens with zero attached hydrogens (tertiary/aromatic N) is 1. The second-order valence-corrected chi connectivity index (χ2v) is 6.19. The summed E-state index contributed by atoms with van der Waals surface area (Å²) in [5, 5.41) is 3.26. The molecular formula is C19H21ClN2O4. The standard InChI is InChI=1S/C19H21ClN2O4/c1-24-17-12-16(18(25-2)11-15(17)20)21-19(23)13-3-5-14(6-4-13)22-7-9-26-10-8-22/h3-6,11-12H,7-10H2,1-2H3,(H,21,23). The third-order valence-corrected chi connectivity index (χ3v) is 4.52. The number of benzene rings is 2. The van der Waals surface area contributed by atoms with Crippen LogP contribution in [0.4, 0.5) is 11.4 Å². The molecule has 0 saturated carbocycles. The Morgan fingerprint density at radius 3 is 2.35 bits per heavy atom. The van der Waals surface area contributed by atoms with Gasteiger partial charge in [-0.05, 0) is 24.3 Å². The molecule has 1 heterocycles. The molecule has 1 aliphatic heterocycles. The van der Waals surface area contributed by atoms with E-state index in [2.05, 4.69) is 10.2 Å². The van der Waals surface area contributed by atoms with Crippen molar-refractivity contribution in [2.24, 2.45) is 0 Å². The van der Waals surface area contributed by atoms with Gasteiger partial charge in [0.15, 0.2) is 0 Å². The van der Waals surface area contributed by atoms with Crippen molar-refractivity contribution >= 4 is 28.9 Å². The zero-order chi connectivity index (χ0) is 18.5. The summed E-state index contributed by atoms with van der Waals surface area (Å²) in [7, 11) is 3.04. The molecule has 7 heteroatoms. The lowest BCUT2D eigenvalue weighted by Gasteiger charge is -2.28. The van der Waals surface area contributed by atoms with Crippen LogP contribution >= 0.6 is 11.6 Å². The predicted molar refractivity (Wildman–Crippen MR) is 102 cm³/mol. The van der Waals surface area contributed by atoms with Crippen LogP contribution < -0.4 is 19.7 Å². The van der Waals surface area contributed by atoms with Gasteiger partial charge in [-0.25, -0.2) is 0 Å². The van der Waals surface area contributed by atoms with E-state index in [0.717, 1.165) is 32.0 Å². The molecule has 0 unspecified atom stereocenters. The summed E-state index contributed by atoms with van der Waals surface area (Å²) >= 11 is 6.09. The van der Waals surface area contributed by atoms with Gasteiger partial charge in [0.1, 0.15) is 11.5 Å². The number of anilines is 2. The monoisotopic (exact) mass is 376 g/mol. The van der Waals surface area contributed by atoms with E-state index in [9.17, 15) is 4.79 Å². The third kappa shape index (κ3) is 4.03. The van der Waals surface area contributed by atoms with Gasteiger partial charge >= 0.3 is 0 Å². The molecule has 2 aromatic rings. The maximum Gasteiger partial charge on any atom is 0.255 e. The molecule has 0 aromatic heterocycles. The van der Waals surface area contributed by atoms with E-state index in [4.69, 9.17) is 25.8 Å². The minimum absolute atomic E-state index is 0.235. The Bertz CT molecular complexity index is 774. The van der Waals surface area contributed by atoms with Crippen LogP contribution in [0.3, 0.4) is 0 Å². The largest absolute Gasteiger partial charge is 0.495 e. The van der Waals surface area contributed by atoms with E-state index in [1.807, 2.05) is 12.1 Å². The number of carbonyl (C=O) groups excluding carboxylic acids is 1. The van der Waals surface area contributed by atoms with Crippen LogP contribution in [0.15, 0.2) is 36.4 Å². The zero-order valence-corrected chi connectivity index (χ0v) is 15.5. The van der Waals surface area contributed by atoms with Crippen LogP contribution in [-0.4, -0.2) is 46.4 Å². The van der Waals surface area contributed by atoms with Crippen LogP contribution in [0.25, 0.3) is 0 Å². The lowest BCUT2D eigenvalue weighted by atomic mass is 10.1. The second-order valence-electron chi connectivity index (χ2n) is 5.79. The van der Waals surface area contributed by atoms with E-state index in [-0.39, 0.29) is 5.91 Å². The topological polar surface area (TPSA) is 60.0 Å². The van der Waals surface area contributed by atoms with Crippen molar-refractivity contribution in [2.75, 3.05) is 50.7 Å². The highest BCUT2D eigenvalue weighted by molar-refractivity contribution is 6.32. The fraction of sp³-hybridized carbons (Fsp3) is 0.316. The van der Waals surface area contributed by atoms with Gasteiger partial charge in [-0.1, -0.05) is 11.6 Å². The van der Waals surface area contributed by atoms with Gasteiger partial charge in [-0.15, -0.1) is 0 Å². The van der Waals surface area contributed by atoms with E-state index in [1.165, 1.54) is 14.2 Å². The predicted octanol–water partition coefficient (Wildman–Crippen LogP) is 3.45. The summed E-state index contributed by atoms with van der Waals surface area (Å²) in [5.74, 6) is 0.695. The maximum absolute atomic E-state index is 12.6. The van der Waals surface area contributed by atoms with Gasteiger partial charge in [0.2, 0.25) is 0 Å². The van der Waals surface area contributed by atoms with Crippen LogP contribution in [0.2, 0.25) is 5.02 Å². The highest BCUT2D eigenvalue weighted by atomic mass is 35.5. The molecule has 0 bridgehead atoms. The summed E-state index contributed by atoms with van der Waals surface area (Å²) < 4.78 is 15.8. The normalized spacial score (nSPS) is 14.0. The van der Waals surface area contributed by atoms with Crippen molar-refractivity contribution in [3.05, 3.63) is 47.0 Å². The van der Waals surface area contributed by atoms with Gasteiger partial charge in [0, 0.05) is 36.5 Å². The minimum Gasteiger partial charge on any atom is -0.495 e. The lowest BCUT2D eigenvalue weighted by molar-refractivity contribution is 0.102. The van der Waals surface area contributed by atoms with Gasteiger partial charge < -0.3 is 24.4 Å². The molecule has 0 atom stereocenters. The van der Waals surface area contributed by atoms with E-state index >= 15 is 0 Å². The number of methoxy groups -OCH3 is 2. The summed E-state index contributed by atoms with van der Waals surface area (Å²) in [6.45, 7) is 3.15.